The third-order valence-electron chi connectivity index (χ3n) is 3.55. The van der Waals surface area contributed by atoms with Gasteiger partial charge in [0.2, 0.25) is 5.91 Å². The second-order valence-corrected chi connectivity index (χ2v) is 4.96. The van der Waals surface area contributed by atoms with Crippen LogP contribution in [0.5, 0.6) is 0 Å². The fraction of sp³-hybridized carbons (Fsp3) is 0.846. The maximum atomic E-state index is 12.1. The molecular weight excluding hydrogens is 246 g/mol. The first-order valence-corrected chi connectivity index (χ1v) is 6.86. The van der Waals surface area contributed by atoms with E-state index in [-0.39, 0.29) is 24.5 Å². The molecule has 0 aromatic carbocycles. The van der Waals surface area contributed by atoms with E-state index in [9.17, 15) is 9.59 Å². The molecule has 1 atom stereocenters. The van der Waals surface area contributed by atoms with Gasteiger partial charge in [0.25, 0.3) is 0 Å². The molecule has 0 aromatic rings. The Kier molecular flexibility index (Phi) is 6.80. The van der Waals surface area contributed by atoms with Crippen LogP contribution in [0, 0.1) is 0 Å². The Morgan fingerprint density at radius 1 is 1.42 bits per heavy atom. The molecular formula is C13H25N3O3. The van der Waals surface area contributed by atoms with Gasteiger partial charge >= 0.3 is 5.97 Å². The maximum Gasteiger partial charge on any atom is 0.323 e. The number of carbonyl (C=O) groups is 2. The number of rotatable bonds is 6. The zero-order valence-electron chi connectivity index (χ0n) is 11.9. The Labute approximate surface area is 114 Å². The van der Waals surface area contributed by atoms with Crippen molar-refractivity contribution in [2.24, 2.45) is 5.73 Å². The summed E-state index contributed by atoms with van der Waals surface area (Å²) < 4.78 is 4.80. The van der Waals surface area contributed by atoms with Gasteiger partial charge in [0.05, 0.1) is 13.7 Å². The minimum atomic E-state index is -0.273. The molecule has 0 bridgehead atoms. The molecule has 1 unspecified atom stereocenters. The van der Waals surface area contributed by atoms with Gasteiger partial charge in [-0.25, -0.2) is 0 Å². The smallest absolute Gasteiger partial charge is 0.323 e. The van der Waals surface area contributed by atoms with Crippen molar-refractivity contribution in [2.45, 2.75) is 31.7 Å². The first-order valence-electron chi connectivity index (χ1n) is 6.86. The number of amides is 1. The van der Waals surface area contributed by atoms with E-state index in [2.05, 4.69) is 0 Å². The van der Waals surface area contributed by atoms with Gasteiger partial charge in [0, 0.05) is 13.6 Å². The van der Waals surface area contributed by atoms with Crippen molar-refractivity contribution < 1.29 is 14.3 Å². The van der Waals surface area contributed by atoms with Crippen molar-refractivity contribution in [1.82, 2.24) is 9.80 Å². The van der Waals surface area contributed by atoms with Gasteiger partial charge in [-0.1, -0.05) is 6.42 Å². The van der Waals surface area contributed by atoms with Crippen molar-refractivity contribution >= 4 is 11.9 Å². The van der Waals surface area contributed by atoms with Crippen LogP contribution in [0.15, 0.2) is 0 Å². The SMILES string of the molecule is COC(=O)C1CCCCN1CC(=O)N(C)CCCN. The number of ether oxygens (including phenoxy) is 1. The standard InChI is InChI=1S/C13H25N3O3/c1-15(8-5-7-14)12(17)10-16-9-4-3-6-11(16)13(18)19-2/h11H,3-10,14H2,1-2H3. The Morgan fingerprint density at radius 3 is 2.79 bits per heavy atom. The minimum Gasteiger partial charge on any atom is -0.468 e. The average molecular weight is 271 g/mol. The highest BCUT2D eigenvalue weighted by Crippen LogP contribution is 2.17. The topological polar surface area (TPSA) is 75.9 Å². The summed E-state index contributed by atoms with van der Waals surface area (Å²) >= 11 is 0. The lowest BCUT2D eigenvalue weighted by molar-refractivity contribution is -0.149. The zero-order valence-corrected chi connectivity index (χ0v) is 11.9. The summed E-state index contributed by atoms with van der Waals surface area (Å²) in [6, 6.07) is -0.273. The Hall–Kier alpha value is -1.14. The first-order chi connectivity index (χ1) is 9.10. The molecule has 6 nitrogen and oxygen atoms in total. The van der Waals surface area contributed by atoms with E-state index in [1.807, 2.05) is 4.90 Å². The second-order valence-electron chi connectivity index (χ2n) is 4.96. The number of likely N-dealkylation sites (tertiary alicyclic amines) is 1. The van der Waals surface area contributed by atoms with Gasteiger partial charge < -0.3 is 15.4 Å². The second kappa shape index (κ2) is 8.12. The molecule has 1 amide bonds. The minimum absolute atomic E-state index is 0.0317. The van der Waals surface area contributed by atoms with Crippen LogP contribution in [0.2, 0.25) is 0 Å². The van der Waals surface area contributed by atoms with Crippen LogP contribution in [-0.2, 0) is 14.3 Å². The lowest BCUT2D eigenvalue weighted by Crippen LogP contribution is -2.49. The monoisotopic (exact) mass is 271 g/mol. The van der Waals surface area contributed by atoms with Crippen LogP contribution in [0.25, 0.3) is 0 Å². The van der Waals surface area contributed by atoms with Crippen LogP contribution >= 0.6 is 0 Å². The number of likely N-dealkylation sites (N-methyl/N-ethyl adjacent to an activating group) is 1. The molecule has 1 saturated heterocycles. The maximum absolute atomic E-state index is 12.1. The van der Waals surface area contributed by atoms with Crippen LogP contribution in [-0.4, -0.2) is 68.1 Å². The Morgan fingerprint density at radius 2 is 2.16 bits per heavy atom. The van der Waals surface area contributed by atoms with E-state index in [1.165, 1.54) is 7.11 Å². The van der Waals surface area contributed by atoms with Crippen molar-refractivity contribution in [3.8, 4) is 0 Å². The van der Waals surface area contributed by atoms with E-state index in [1.54, 1.807) is 11.9 Å². The number of nitrogens with zero attached hydrogens (tertiary/aromatic N) is 2. The van der Waals surface area contributed by atoms with E-state index in [0.29, 0.717) is 13.1 Å². The van der Waals surface area contributed by atoms with Crippen molar-refractivity contribution in [2.75, 3.05) is 40.3 Å². The number of hydrogen-bond acceptors (Lipinski definition) is 5. The fourth-order valence-electron chi connectivity index (χ4n) is 2.33. The molecule has 19 heavy (non-hydrogen) atoms. The molecule has 0 aliphatic carbocycles. The summed E-state index contributed by atoms with van der Waals surface area (Å²) in [6.07, 6.45) is 3.59. The summed E-state index contributed by atoms with van der Waals surface area (Å²) in [4.78, 5) is 27.4. The highest BCUT2D eigenvalue weighted by atomic mass is 16.5. The number of methoxy groups -OCH3 is 1. The van der Waals surface area contributed by atoms with Gasteiger partial charge in [-0.05, 0) is 32.4 Å². The molecule has 2 N–H and O–H groups in total. The molecule has 1 rings (SSSR count). The van der Waals surface area contributed by atoms with Crippen molar-refractivity contribution in [3.05, 3.63) is 0 Å². The quantitative estimate of drug-likeness (QED) is 0.678. The summed E-state index contributed by atoms with van der Waals surface area (Å²) in [5.74, 6) is -0.207. The van der Waals surface area contributed by atoms with Gasteiger partial charge in [-0.3, -0.25) is 14.5 Å². The predicted molar refractivity (Wildman–Crippen MR) is 72.5 cm³/mol. The van der Waals surface area contributed by atoms with Gasteiger partial charge in [0.15, 0.2) is 0 Å². The molecule has 1 fully saturated rings. The third kappa shape index (κ3) is 4.80. The highest BCUT2D eigenvalue weighted by molar-refractivity contribution is 5.80. The van der Waals surface area contributed by atoms with Crippen molar-refractivity contribution in [1.29, 1.82) is 0 Å². The van der Waals surface area contributed by atoms with Gasteiger partial charge in [0.1, 0.15) is 6.04 Å². The number of hydrogen-bond donors (Lipinski definition) is 1. The van der Waals surface area contributed by atoms with Crippen LogP contribution in [0.4, 0.5) is 0 Å². The number of carbonyl (C=O) groups excluding carboxylic acids is 2. The van der Waals surface area contributed by atoms with E-state index in [4.69, 9.17) is 10.5 Å². The largest absolute Gasteiger partial charge is 0.468 e. The van der Waals surface area contributed by atoms with Crippen LogP contribution in [0.3, 0.4) is 0 Å². The normalized spacial score (nSPS) is 20.1. The molecule has 0 radical (unpaired) electrons. The summed E-state index contributed by atoms with van der Waals surface area (Å²) in [7, 11) is 3.17. The van der Waals surface area contributed by atoms with Gasteiger partial charge in [-0.2, -0.15) is 0 Å². The summed E-state index contributed by atoms with van der Waals surface area (Å²) in [6.45, 7) is 2.29. The highest BCUT2D eigenvalue weighted by Gasteiger charge is 2.31. The van der Waals surface area contributed by atoms with Crippen LogP contribution < -0.4 is 5.73 Å². The molecule has 110 valence electrons. The molecule has 1 heterocycles. The predicted octanol–water partition coefficient (Wildman–Crippen LogP) is -0.179. The number of esters is 1. The van der Waals surface area contributed by atoms with Gasteiger partial charge in [-0.15, -0.1) is 0 Å². The van der Waals surface area contributed by atoms with Crippen LogP contribution in [0.1, 0.15) is 25.7 Å². The lowest BCUT2D eigenvalue weighted by atomic mass is 10.0. The van der Waals surface area contributed by atoms with E-state index >= 15 is 0 Å². The zero-order chi connectivity index (χ0) is 14.3. The Balaban J connectivity index is 2.52. The lowest BCUT2D eigenvalue weighted by Gasteiger charge is -2.34. The molecule has 0 spiro atoms. The first kappa shape index (κ1) is 15.9. The fourth-order valence-corrected chi connectivity index (χ4v) is 2.33. The van der Waals surface area contributed by atoms with Crippen molar-refractivity contribution in [3.63, 3.8) is 0 Å². The molecule has 6 heteroatoms. The average Bonchev–Trinajstić information content (AvgIpc) is 2.44. The molecule has 1 aliphatic heterocycles. The molecule has 0 saturated carbocycles. The Bertz CT molecular complexity index is 310. The number of nitrogens with two attached hydrogens (primary N) is 1. The number of piperidine rings is 1. The summed E-state index contributed by atoms with van der Waals surface area (Å²) in [5.41, 5.74) is 5.43. The molecule has 0 aromatic heterocycles. The molecule has 1 aliphatic rings. The summed E-state index contributed by atoms with van der Waals surface area (Å²) in [5, 5.41) is 0. The van der Waals surface area contributed by atoms with E-state index < -0.39 is 0 Å². The third-order valence-corrected chi connectivity index (χ3v) is 3.55. The van der Waals surface area contributed by atoms with E-state index in [0.717, 1.165) is 32.2 Å².